The molecule has 1 aromatic carbocycles. The zero-order chi connectivity index (χ0) is 18.1. The van der Waals surface area contributed by atoms with Crippen LogP contribution in [0.4, 0.5) is 13.9 Å². The first-order valence-corrected chi connectivity index (χ1v) is 8.93. The Morgan fingerprint density at radius 2 is 2.00 bits per heavy atom. The van der Waals surface area contributed by atoms with Gasteiger partial charge in [0.05, 0.1) is 6.54 Å². The maximum atomic E-state index is 12.6. The van der Waals surface area contributed by atoms with E-state index in [2.05, 4.69) is 14.5 Å². The van der Waals surface area contributed by atoms with Crippen molar-refractivity contribution in [3.8, 4) is 0 Å². The molecule has 1 aliphatic heterocycles. The van der Waals surface area contributed by atoms with E-state index in [1.807, 2.05) is 35.2 Å². The Hall–Kier alpha value is -2.62. The Kier molecular flexibility index (Phi) is 4.49. The maximum Gasteiger partial charge on any atom is 0.346 e. The highest BCUT2D eigenvalue weighted by atomic mass is 32.1. The summed E-state index contributed by atoms with van der Waals surface area (Å²) in [6.45, 7) is 0.628. The van der Waals surface area contributed by atoms with Gasteiger partial charge in [-0.25, -0.2) is 23.2 Å². The van der Waals surface area contributed by atoms with Crippen molar-refractivity contribution in [2.75, 3.05) is 11.4 Å². The number of aromatic nitrogens is 5. The van der Waals surface area contributed by atoms with Crippen LogP contribution in [0.1, 0.15) is 17.2 Å². The van der Waals surface area contributed by atoms with Crippen LogP contribution in [-0.2, 0) is 26.1 Å². The minimum absolute atomic E-state index is 0.353. The average molecular weight is 378 g/mol. The molecule has 26 heavy (non-hydrogen) atoms. The fourth-order valence-electron chi connectivity index (χ4n) is 2.93. The van der Waals surface area contributed by atoms with Gasteiger partial charge in [0.1, 0.15) is 12.4 Å². The van der Waals surface area contributed by atoms with Crippen molar-refractivity contribution in [1.82, 2.24) is 23.7 Å². The molecule has 3 heterocycles. The van der Waals surface area contributed by atoms with E-state index < -0.39 is 18.7 Å². The van der Waals surface area contributed by atoms with Crippen LogP contribution in [-0.4, -0.2) is 36.7 Å². The third-order valence-corrected chi connectivity index (χ3v) is 4.98. The average Bonchev–Trinajstić information content (AvgIpc) is 3.20. The van der Waals surface area contributed by atoms with E-state index in [0.29, 0.717) is 31.9 Å². The number of halogens is 2. The highest BCUT2D eigenvalue weighted by molar-refractivity contribution is 7.09. The largest absolute Gasteiger partial charge is 0.346 e. The lowest BCUT2D eigenvalue weighted by Crippen LogP contribution is -2.37. The Balaban J connectivity index is 1.50. The third-order valence-electron chi connectivity index (χ3n) is 4.17. The highest BCUT2D eigenvalue weighted by Gasteiger charge is 2.25. The molecule has 3 aromatic rings. The molecule has 0 unspecified atom stereocenters. The molecule has 0 atom stereocenters. The van der Waals surface area contributed by atoms with Crippen molar-refractivity contribution in [3.63, 3.8) is 0 Å². The van der Waals surface area contributed by atoms with Gasteiger partial charge in [-0.05, 0) is 5.56 Å². The molecule has 7 nitrogen and oxygen atoms in total. The van der Waals surface area contributed by atoms with E-state index in [0.717, 1.165) is 21.2 Å². The fraction of sp³-hybridized carbons (Fsp3) is 0.375. The van der Waals surface area contributed by atoms with E-state index in [1.54, 1.807) is 0 Å². The molecule has 0 spiro atoms. The summed E-state index contributed by atoms with van der Waals surface area (Å²) in [5, 5.41) is 4.79. The second kappa shape index (κ2) is 6.94. The fourth-order valence-corrected chi connectivity index (χ4v) is 3.64. The van der Waals surface area contributed by atoms with Gasteiger partial charge < -0.3 is 4.90 Å². The summed E-state index contributed by atoms with van der Waals surface area (Å²) in [5.74, 6) is 1.21. The van der Waals surface area contributed by atoms with E-state index in [1.165, 1.54) is 16.1 Å². The van der Waals surface area contributed by atoms with Crippen LogP contribution in [0.5, 0.6) is 0 Å². The number of rotatable bonds is 5. The van der Waals surface area contributed by atoms with Gasteiger partial charge in [-0.1, -0.05) is 30.3 Å². The monoisotopic (exact) mass is 378 g/mol. The molecule has 136 valence electrons. The topological polar surface area (TPSA) is 68.8 Å². The number of anilines is 1. The second-order valence-electron chi connectivity index (χ2n) is 6.00. The molecule has 2 aromatic heterocycles. The highest BCUT2D eigenvalue weighted by Crippen LogP contribution is 2.22. The van der Waals surface area contributed by atoms with Crippen molar-refractivity contribution in [2.45, 2.75) is 32.5 Å². The summed E-state index contributed by atoms with van der Waals surface area (Å²) in [5.41, 5.74) is 0.650. The van der Waals surface area contributed by atoms with Crippen LogP contribution in [0.3, 0.4) is 0 Å². The normalized spacial score (nSPS) is 14.0. The SMILES string of the molecule is O=c1n(CC(F)F)nc2n1CCN(c1nc(Cc3ccccc3)ns1)C2. The van der Waals surface area contributed by atoms with Gasteiger partial charge in [0.15, 0.2) is 5.82 Å². The van der Waals surface area contributed by atoms with E-state index in [9.17, 15) is 13.6 Å². The lowest BCUT2D eigenvalue weighted by Gasteiger charge is -2.25. The molecule has 0 saturated carbocycles. The van der Waals surface area contributed by atoms with Crippen LogP contribution in [0.2, 0.25) is 0 Å². The molecule has 0 bridgehead atoms. The molecule has 0 aliphatic carbocycles. The number of hydrogen-bond donors (Lipinski definition) is 0. The Bertz CT molecular complexity index is 951. The Labute approximate surface area is 151 Å². The van der Waals surface area contributed by atoms with Gasteiger partial charge >= 0.3 is 5.69 Å². The molecule has 0 radical (unpaired) electrons. The number of nitrogens with zero attached hydrogens (tertiary/aromatic N) is 6. The van der Waals surface area contributed by atoms with E-state index in [-0.39, 0.29) is 0 Å². The lowest BCUT2D eigenvalue weighted by atomic mass is 10.1. The van der Waals surface area contributed by atoms with Crippen LogP contribution in [0.25, 0.3) is 0 Å². The predicted molar refractivity (Wildman–Crippen MR) is 92.7 cm³/mol. The molecule has 0 saturated heterocycles. The number of hydrogen-bond acceptors (Lipinski definition) is 6. The van der Waals surface area contributed by atoms with Gasteiger partial charge in [-0.2, -0.15) is 9.47 Å². The molecule has 1 aliphatic rings. The number of benzene rings is 1. The minimum atomic E-state index is -2.61. The van der Waals surface area contributed by atoms with Crippen LogP contribution in [0.15, 0.2) is 35.1 Å². The summed E-state index contributed by atoms with van der Waals surface area (Å²) < 4.78 is 31.8. The van der Waals surface area contributed by atoms with Gasteiger partial charge in [0, 0.05) is 31.0 Å². The summed E-state index contributed by atoms with van der Waals surface area (Å²) >= 11 is 1.29. The summed E-state index contributed by atoms with van der Waals surface area (Å²) in [7, 11) is 0. The zero-order valence-electron chi connectivity index (χ0n) is 13.8. The standard InChI is InChI=1S/C16H16F2N6OS/c17-12(18)9-24-16(25)23-7-6-22(10-14(23)20-24)15-19-13(21-26-15)8-11-4-2-1-3-5-11/h1-5,12H,6-10H2. The van der Waals surface area contributed by atoms with Gasteiger partial charge in [-0.15, -0.1) is 0 Å². The number of fused-ring (bicyclic) bond motifs is 1. The van der Waals surface area contributed by atoms with Gasteiger partial charge in [-0.3, -0.25) is 4.57 Å². The Morgan fingerprint density at radius 3 is 2.77 bits per heavy atom. The van der Waals surface area contributed by atoms with Crippen LogP contribution in [0, 0.1) is 0 Å². The first kappa shape index (κ1) is 16.8. The quantitative estimate of drug-likeness (QED) is 0.677. The van der Waals surface area contributed by atoms with Crippen LogP contribution >= 0.6 is 11.5 Å². The Morgan fingerprint density at radius 1 is 1.19 bits per heavy atom. The first-order valence-electron chi connectivity index (χ1n) is 8.16. The van der Waals surface area contributed by atoms with E-state index >= 15 is 0 Å². The first-order chi connectivity index (χ1) is 12.6. The molecule has 0 amide bonds. The molecule has 0 N–H and O–H groups in total. The predicted octanol–water partition coefficient (Wildman–Crippen LogP) is 1.77. The third kappa shape index (κ3) is 3.36. The molecular weight excluding hydrogens is 362 g/mol. The molecule has 4 rings (SSSR count). The van der Waals surface area contributed by atoms with Crippen molar-refractivity contribution < 1.29 is 8.78 Å². The minimum Gasteiger partial charge on any atom is -0.338 e. The maximum absolute atomic E-state index is 12.6. The van der Waals surface area contributed by atoms with Crippen molar-refractivity contribution in [2.24, 2.45) is 0 Å². The van der Waals surface area contributed by atoms with Gasteiger partial charge in [0.25, 0.3) is 6.43 Å². The number of alkyl halides is 2. The molecule has 10 heteroatoms. The molecule has 0 fully saturated rings. The summed E-state index contributed by atoms with van der Waals surface area (Å²) in [6, 6.07) is 9.96. The second-order valence-corrected chi connectivity index (χ2v) is 6.73. The van der Waals surface area contributed by atoms with Crippen LogP contribution < -0.4 is 10.6 Å². The lowest BCUT2D eigenvalue weighted by molar-refractivity contribution is 0.120. The van der Waals surface area contributed by atoms with Crippen molar-refractivity contribution in [3.05, 3.63) is 58.0 Å². The molecular formula is C16H16F2N6OS. The van der Waals surface area contributed by atoms with Crippen molar-refractivity contribution in [1.29, 1.82) is 0 Å². The summed E-state index contributed by atoms with van der Waals surface area (Å²) in [4.78, 5) is 18.6. The smallest absolute Gasteiger partial charge is 0.338 e. The summed E-state index contributed by atoms with van der Waals surface area (Å²) in [6.07, 6.45) is -1.96. The van der Waals surface area contributed by atoms with Crippen molar-refractivity contribution >= 4 is 16.7 Å². The van der Waals surface area contributed by atoms with Gasteiger partial charge in [0.2, 0.25) is 5.13 Å². The van der Waals surface area contributed by atoms with E-state index in [4.69, 9.17) is 0 Å². The zero-order valence-corrected chi connectivity index (χ0v) is 14.6.